The fourth-order valence-electron chi connectivity index (χ4n) is 1.29. The smallest absolute Gasteiger partial charge is 0.299 e. The fourth-order valence-corrected chi connectivity index (χ4v) is 2.44. The van der Waals surface area contributed by atoms with Crippen LogP contribution < -0.4 is 10.1 Å². The van der Waals surface area contributed by atoms with Gasteiger partial charge in [0, 0.05) is 10.5 Å². The van der Waals surface area contributed by atoms with Crippen molar-refractivity contribution in [3.8, 4) is 10.9 Å². The summed E-state index contributed by atoms with van der Waals surface area (Å²) in [5.41, 5.74) is 0. The molecule has 0 amide bonds. The monoisotopic (exact) mass is 361 g/mol. The third-order valence-electron chi connectivity index (χ3n) is 2.20. The van der Waals surface area contributed by atoms with Crippen molar-refractivity contribution in [1.29, 1.82) is 0 Å². The van der Waals surface area contributed by atoms with Crippen molar-refractivity contribution in [3.05, 3.63) is 32.7 Å². The van der Waals surface area contributed by atoms with Gasteiger partial charge in [-0.05, 0) is 18.2 Å². The summed E-state index contributed by atoms with van der Waals surface area (Å²) in [5, 5.41) is 13.2. The zero-order valence-electron chi connectivity index (χ0n) is 10.5. The number of nitrogens with zero attached hydrogens (tertiary/aromatic N) is 2. The molecule has 0 unspecified atom stereocenters. The number of ether oxygens (including phenoxy) is 1. The molecule has 1 aromatic carbocycles. The van der Waals surface area contributed by atoms with Crippen molar-refractivity contribution < 1.29 is 4.74 Å². The Bertz CT molecular complexity index is 562. The number of aromatic nitrogens is 2. The summed E-state index contributed by atoms with van der Waals surface area (Å²) < 4.78 is 6.53. The minimum Gasteiger partial charge on any atom is -0.428 e. The number of hydrogen-bond acceptors (Lipinski definition) is 5. The predicted octanol–water partition coefficient (Wildman–Crippen LogP) is 4.24. The highest BCUT2D eigenvalue weighted by Crippen LogP contribution is 2.33. The van der Waals surface area contributed by atoms with Crippen LogP contribution in [0.25, 0.3) is 0 Å². The minimum atomic E-state index is 0.410. The predicted molar refractivity (Wildman–Crippen MR) is 81.1 cm³/mol. The molecule has 0 atom stereocenters. The van der Waals surface area contributed by atoms with Crippen LogP contribution in [-0.4, -0.2) is 16.2 Å². The zero-order chi connectivity index (χ0) is 13.8. The van der Waals surface area contributed by atoms with Gasteiger partial charge >= 0.3 is 0 Å². The lowest BCUT2D eigenvalue weighted by Crippen LogP contribution is -2.21. The van der Waals surface area contributed by atoms with Crippen LogP contribution in [0.1, 0.15) is 18.9 Å². The first-order chi connectivity index (χ1) is 9.04. The Hall–Kier alpha value is -0.690. The van der Waals surface area contributed by atoms with Gasteiger partial charge in [0.25, 0.3) is 5.19 Å². The molecule has 0 radical (unpaired) electrons. The summed E-state index contributed by atoms with van der Waals surface area (Å²) in [6.07, 6.45) is 0. The quantitative estimate of drug-likeness (QED) is 0.864. The highest BCUT2D eigenvalue weighted by molar-refractivity contribution is 9.10. The highest BCUT2D eigenvalue weighted by atomic mass is 79.9. The maximum atomic E-state index is 6.05. The van der Waals surface area contributed by atoms with Gasteiger partial charge in [-0.15, -0.1) is 5.10 Å². The van der Waals surface area contributed by atoms with Gasteiger partial charge in [-0.3, -0.25) is 0 Å². The van der Waals surface area contributed by atoms with E-state index in [9.17, 15) is 0 Å². The summed E-state index contributed by atoms with van der Waals surface area (Å²) in [6.45, 7) is 4.85. The van der Waals surface area contributed by atoms with E-state index in [4.69, 9.17) is 16.3 Å². The van der Waals surface area contributed by atoms with E-state index in [1.165, 1.54) is 11.3 Å². The normalized spacial score (nSPS) is 11.0. The second-order valence-electron chi connectivity index (χ2n) is 4.17. The molecule has 7 heteroatoms. The van der Waals surface area contributed by atoms with E-state index >= 15 is 0 Å². The third kappa shape index (κ3) is 4.42. The molecule has 0 aliphatic carbocycles. The van der Waals surface area contributed by atoms with Crippen molar-refractivity contribution in [2.45, 2.75) is 26.4 Å². The Balaban J connectivity index is 2.05. The second kappa shape index (κ2) is 6.65. The van der Waals surface area contributed by atoms with Crippen LogP contribution in [0.5, 0.6) is 10.9 Å². The van der Waals surface area contributed by atoms with E-state index in [0.717, 1.165) is 9.48 Å². The largest absolute Gasteiger partial charge is 0.428 e. The standard InChI is InChI=1S/C12H13BrClN3OS/c1-7(2)15-6-11-16-17-12(19-11)18-10-5-8(13)3-4-9(10)14/h3-5,7,15H,6H2,1-2H3. The van der Waals surface area contributed by atoms with Gasteiger partial charge in [-0.25, -0.2) is 0 Å². The first kappa shape index (κ1) is 14.7. The molecule has 1 heterocycles. The van der Waals surface area contributed by atoms with Gasteiger partial charge < -0.3 is 10.1 Å². The van der Waals surface area contributed by atoms with Gasteiger partial charge in [0.15, 0.2) is 0 Å². The summed E-state index contributed by atoms with van der Waals surface area (Å²) in [6, 6.07) is 5.83. The van der Waals surface area contributed by atoms with E-state index in [1.807, 2.05) is 6.07 Å². The molecular weight excluding hydrogens is 350 g/mol. The summed E-state index contributed by atoms with van der Waals surface area (Å²) >= 11 is 10.8. The molecule has 0 saturated heterocycles. The Morgan fingerprint density at radius 2 is 2.21 bits per heavy atom. The van der Waals surface area contributed by atoms with Crippen LogP contribution >= 0.6 is 38.9 Å². The lowest BCUT2D eigenvalue weighted by molar-refractivity contribution is 0.472. The van der Waals surface area contributed by atoms with Crippen LogP contribution in [0.2, 0.25) is 5.02 Å². The average Bonchev–Trinajstić information content (AvgIpc) is 2.79. The van der Waals surface area contributed by atoms with E-state index < -0.39 is 0 Å². The van der Waals surface area contributed by atoms with Crippen molar-refractivity contribution in [3.63, 3.8) is 0 Å². The average molecular weight is 363 g/mol. The molecule has 0 aliphatic rings. The molecule has 0 bridgehead atoms. The first-order valence-electron chi connectivity index (χ1n) is 5.73. The molecular formula is C12H13BrClN3OS. The van der Waals surface area contributed by atoms with Crippen LogP contribution in [0.3, 0.4) is 0 Å². The Morgan fingerprint density at radius 3 is 2.95 bits per heavy atom. The topological polar surface area (TPSA) is 47.0 Å². The second-order valence-corrected chi connectivity index (χ2v) is 6.52. The van der Waals surface area contributed by atoms with Crippen LogP contribution in [0.4, 0.5) is 0 Å². The van der Waals surface area contributed by atoms with Gasteiger partial charge in [-0.2, -0.15) is 0 Å². The summed E-state index contributed by atoms with van der Waals surface area (Å²) in [7, 11) is 0. The maximum Gasteiger partial charge on any atom is 0.299 e. The molecule has 1 aromatic heterocycles. The highest BCUT2D eigenvalue weighted by Gasteiger charge is 2.09. The number of rotatable bonds is 5. The molecule has 4 nitrogen and oxygen atoms in total. The molecule has 19 heavy (non-hydrogen) atoms. The van der Waals surface area contributed by atoms with Crippen molar-refractivity contribution >= 4 is 38.9 Å². The van der Waals surface area contributed by atoms with Gasteiger partial charge in [0.1, 0.15) is 10.8 Å². The molecule has 0 spiro atoms. The molecule has 1 N–H and O–H groups in total. The number of halogens is 2. The van der Waals surface area contributed by atoms with E-state index in [-0.39, 0.29) is 0 Å². The van der Waals surface area contributed by atoms with E-state index in [2.05, 4.69) is 45.3 Å². The van der Waals surface area contributed by atoms with Crippen molar-refractivity contribution in [2.24, 2.45) is 0 Å². The van der Waals surface area contributed by atoms with E-state index in [1.54, 1.807) is 12.1 Å². The fraction of sp³-hybridized carbons (Fsp3) is 0.333. The lowest BCUT2D eigenvalue weighted by Gasteiger charge is -2.04. The molecule has 0 saturated carbocycles. The summed E-state index contributed by atoms with van der Waals surface area (Å²) in [4.78, 5) is 0. The molecule has 2 rings (SSSR count). The molecule has 0 aliphatic heterocycles. The third-order valence-corrected chi connectivity index (χ3v) is 3.81. The van der Waals surface area contributed by atoms with Crippen molar-refractivity contribution in [2.75, 3.05) is 0 Å². The molecule has 2 aromatic rings. The Kier molecular flexibility index (Phi) is 5.15. The van der Waals surface area contributed by atoms with E-state index in [0.29, 0.717) is 28.6 Å². The van der Waals surface area contributed by atoms with Crippen LogP contribution in [0, 0.1) is 0 Å². The van der Waals surface area contributed by atoms with Gasteiger partial charge in [0.2, 0.25) is 0 Å². The maximum absolute atomic E-state index is 6.05. The number of hydrogen-bond donors (Lipinski definition) is 1. The number of nitrogens with one attached hydrogen (secondary N) is 1. The summed E-state index contributed by atoms with van der Waals surface area (Å²) in [5.74, 6) is 0.565. The first-order valence-corrected chi connectivity index (χ1v) is 7.72. The van der Waals surface area contributed by atoms with Gasteiger partial charge in [-0.1, -0.05) is 57.8 Å². The number of benzene rings is 1. The lowest BCUT2D eigenvalue weighted by atomic mass is 10.3. The van der Waals surface area contributed by atoms with Crippen LogP contribution in [0.15, 0.2) is 22.7 Å². The Morgan fingerprint density at radius 1 is 1.42 bits per heavy atom. The van der Waals surface area contributed by atoms with Crippen LogP contribution in [-0.2, 0) is 6.54 Å². The van der Waals surface area contributed by atoms with Gasteiger partial charge in [0.05, 0.1) is 11.6 Å². The Labute approximate surface area is 129 Å². The molecule has 0 fully saturated rings. The van der Waals surface area contributed by atoms with Crippen molar-refractivity contribution in [1.82, 2.24) is 15.5 Å². The molecule has 102 valence electrons. The zero-order valence-corrected chi connectivity index (χ0v) is 13.6. The SMILES string of the molecule is CC(C)NCc1nnc(Oc2cc(Br)ccc2Cl)s1. The minimum absolute atomic E-state index is 0.410.